The van der Waals surface area contributed by atoms with Crippen molar-refractivity contribution in [3.63, 3.8) is 0 Å². The molecule has 0 spiro atoms. The summed E-state index contributed by atoms with van der Waals surface area (Å²) in [6.45, 7) is 1.01. The summed E-state index contributed by atoms with van der Waals surface area (Å²) >= 11 is 0. The Bertz CT molecular complexity index is 250. The van der Waals surface area contributed by atoms with Gasteiger partial charge in [-0.15, -0.1) is 0 Å². The lowest BCUT2D eigenvalue weighted by Crippen LogP contribution is -2.34. The predicted molar refractivity (Wildman–Crippen MR) is 53.9 cm³/mol. The average Bonchev–Trinajstić information content (AvgIpc) is 2.59. The van der Waals surface area contributed by atoms with Crippen molar-refractivity contribution < 1.29 is 9.52 Å². The molecule has 1 saturated heterocycles. The predicted octanol–water partition coefficient (Wildman–Crippen LogP) is 1.85. The lowest BCUT2D eigenvalue weighted by atomic mass is 10.0. The molecule has 14 heavy (non-hydrogen) atoms. The van der Waals surface area contributed by atoms with E-state index in [1.54, 1.807) is 12.5 Å². The molecule has 0 radical (unpaired) electrons. The molecule has 1 aliphatic rings. The smallest absolute Gasteiger partial charge is 0.0973 e. The Labute approximate surface area is 84.1 Å². The number of hydrogen-bond acceptors (Lipinski definition) is 3. The molecule has 3 nitrogen and oxygen atoms in total. The van der Waals surface area contributed by atoms with Crippen LogP contribution < -0.4 is 5.32 Å². The summed E-state index contributed by atoms with van der Waals surface area (Å²) < 4.78 is 4.97. The molecular weight excluding hydrogens is 178 g/mol. The van der Waals surface area contributed by atoms with E-state index >= 15 is 0 Å². The van der Waals surface area contributed by atoms with Gasteiger partial charge in [-0.2, -0.15) is 0 Å². The van der Waals surface area contributed by atoms with Crippen LogP contribution in [0.1, 0.15) is 37.4 Å². The number of hydrogen-bond donors (Lipinski definition) is 2. The Morgan fingerprint density at radius 2 is 2.36 bits per heavy atom. The van der Waals surface area contributed by atoms with Crippen LogP contribution in [0.3, 0.4) is 0 Å². The molecule has 2 heterocycles. The molecule has 1 aromatic rings. The first kappa shape index (κ1) is 9.74. The van der Waals surface area contributed by atoms with Crippen molar-refractivity contribution >= 4 is 0 Å². The summed E-state index contributed by atoms with van der Waals surface area (Å²) in [5.74, 6) is 0. The standard InChI is InChI=1S/C11H17NO2/c13-11(9-5-7-14-8-9)10-4-2-1-3-6-12-10/h5,7-8,10-13H,1-4,6H2. The molecule has 2 unspecified atom stereocenters. The highest BCUT2D eigenvalue weighted by atomic mass is 16.3. The van der Waals surface area contributed by atoms with Gasteiger partial charge in [-0.25, -0.2) is 0 Å². The minimum absolute atomic E-state index is 0.190. The second-order valence-electron chi connectivity index (χ2n) is 3.91. The molecule has 2 atom stereocenters. The third-order valence-electron chi connectivity index (χ3n) is 2.86. The quantitative estimate of drug-likeness (QED) is 0.757. The number of nitrogens with one attached hydrogen (secondary N) is 1. The van der Waals surface area contributed by atoms with Gasteiger partial charge in [0.1, 0.15) is 0 Å². The van der Waals surface area contributed by atoms with Gasteiger partial charge in [0.2, 0.25) is 0 Å². The van der Waals surface area contributed by atoms with Gasteiger partial charge in [-0.05, 0) is 25.5 Å². The Balaban J connectivity index is 1.99. The molecule has 0 aromatic carbocycles. The van der Waals surface area contributed by atoms with Crippen molar-refractivity contribution in [1.29, 1.82) is 0 Å². The number of furan rings is 1. The zero-order chi connectivity index (χ0) is 9.80. The molecule has 0 amide bonds. The van der Waals surface area contributed by atoms with Crippen LogP contribution in [0.15, 0.2) is 23.0 Å². The van der Waals surface area contributed by atoms with Crippen LogP contribution in [0, 0.1) is 0 Å². The molecule has 3 heteroatoms. The first-order valence-electron chi connectivity index (χ1n) is 5.31. The SMILES string of the molecule is OC(c1ccoc1)C1CCCCCN1. The van der Waals surface area contributed by atoms with Crippen LogP contribution in [-0.4, -0.2) is 17.7 Å². The maximum atomic E-state index is 10.0. The summed E-state index contributed by atoms with van der Waals surface area (Å²) in [7, 11) is 0. The second kappa shape index (κ2) is 4.62. The average molecular weight is 195 g/mol. The number of aliphatic hydroxyl groups excluding tert-OH is 1. The minimum atomic E-state index is -0.424. The zero-order valence-corrected chi connectivity index (χ0v) is 8.28. The van der Waals surface area contributed by atoms with Gasteiger partial charge in [0.25, 0.3) is 0 Å². The van der Waals surface area contributed by atoms with Gasteiger partial charge >= 0.3 is 0 Å². The zero-order valence-electron chi connectivity index (χ0n) is 8.28. The Hall–Kier alpha value is -0.800. The van der Waals surface area contributed by atoms with Gasteiger partial charge in [-0.1, -0.05) is 12.8 Å². The molecule has 78 valence electrons. The highest BCUT2D eigenvalue weighted by Crippen LogP contribution is 2.22. The molecule has 1 aliphatic heterocycles. The molecule has 0 saturated carbocycles. The van der Waals surface area contributed by atoms with Crippen LogP contribution >= 0.6 is 0 Å². The minimum Gasteiger partial charge on any atom is -0.472 e. The fourth-order valence-corrected chi connectivity index (χ4v) is 2.00. The van der Waals surface area contributed by atoms with E-state index < -0.39 is 6.10 Å². The molecule has 0 bridgehead atoms. The maximum absolute atomic E-state index is 10.0. The van der Waals surface area contributed by atoms with Gasteiger partial charge in [0.15, 0.2) is 0 Å². The Morgan fingerprint density at radius 1 is 1.43 bits per heavy atom. The third kappa shape index (κ3) is 2.16. The van der Waals surface area contributed by atoms with E-state index in [1.807, 2.05) is 6.07 Å². The van der Waals surface area contributed by atoms with Crippen molar-refractivity contribution in [1.82, 2.24) is 5.32 Å². The lowest BCUT2D eigenvalue weighted by molar-refractivity contribution is 0.125. The van der Waals surface area contributed by atoms with Crippen molar-refractivity contribution in [3.05, 3.63) is 24.2 Å². The second-order valence-corrected chi connectivity index (χ2v) is 3.91. The van der Waals surface area contributed by atoms with Crippen LogP contribution in [0.25, 0.3) is 0 Å². The number of aliphatic hydroxyl groups is 1. The molecule has 2 N–H and O–H groups in total. The summed E-state index contributed by atoms with van der Waals surface area (Å²) in [6.07, 6.45) is 7.54. The first-order valence-corrected chi connectivity index (χ1v) is 5.31. The van der Waals surface area contributed by atoms with Gasteiger partial charge in [0.05, 0.1) is 18.6 Å². The normalized spacial score (nSPS) is 25.6. The van der Waals surface area contributed by atoms with Crippen LogP contribution in [0.4, 0.5) is 0 Å². The van der Waals surface area contributed by atoms with E-state index in [2.05, 4.69) is 5.32 Å². The van der Waals surface area contributed by atoms with Crippen LogP contribution in [-0.2, 0) is 0 Å². The van der Waals surface area contributed by atoms with E-state index in [-0.39, 0.29) is 6.04 Å². The van der Waals surface area contributed by atoms with Gasteiger partial charge in [-0.3, -0.25) is 0 Å². The van der Waals surface area contributed by atoms with Gasteiger partial charge in [0, 0.05) is 11.6 Å². The molecular formula is C11H17NO2. The highest BCUT2D eigenvalue weighted by molar-refractivity contribution is 5.11. The fourth-order valence-electron chi connectivity index (χ4n) is 2.00. The molecule has 2 rings (SSSR count). The summed E-state index contributed by atoms with van der Waals surface area (Å²) in [6, 6.07) is 2.02. The Morgan fingerprint density at radius 3 is 3.14 bits per heavy atom. The van der Waals surface area contributed by atoms with E-state index in [4.69, 9.17) is 4.42 Å². The van der Waals surface area contributed by atoms with E-state index in [0.717, 1.165) is 18.5 Å². The summed E-state index contributed by atoms with van der Waals surface area (Å²) in [4.78, 5) is 0. The monoisotopic (exact) mass is 195 g/mol. The van der Waals surface area contributed by atoms with Crippen LogP contribution in [0.5, 0.6) is 0 Å². The summed E-state index contributed by atoms with van der Waals surface area (Å²) in [5.41, 5.74) is 0.879. The topological polar surface area (TPSA) is 45.4 Å². The third-order valence-corrected chi connectivity index (χ3v) is 2.86. The van der Waals surface area contributed by atoms with Crippen molar-refractivity contribution in [3.8, 4) is 0 Å². The van der Waals surface area contributed by atoms with E-state index in [1.165, 1.54) is 19.3 Å². The number of rotatable bonds is 2. The fraction of sp³-hybridized carbons (Fsp3) is 0.636. The van der Waals surface area contributed by atoms with Crippen molar-refractivity contribution in [2.75, 3.05) is 6.54 Å². The molecule has 0 aliphatic carbocycles. The summed E-state index contributed by atoms with van der Waals surface area (Å²) in [5, 5.41) is 13.4. The van der Waals surface area contributed by atoms with Crippen LogP contribution in [0.2, 0.25) is 0 Å². The first-order chi connectivity index (χ1) is 6.88. The maximum Gasteiger partial charge on any atom is 0.0973 e. The Kier molecular flexibility index (Phi) is 3.22. The van der Waals surface area contributed by atoms with E-state index in [9.17, 15) is 5.11 Å². The van der Waals surface area contributed by atoms with Crippen molar-refractivity contribution in [2.24, 2.45) is 0 Å². The molecule has 1 fully saturated rings. The van der Waals surface area contributed by atoms with Gasteiger partial charge < -0.3 is 14.8 Å². The van der Waals surface area contributed by atoms with E-state index in [0.29, 0.717) is 0 Å². The molecule has 1 aromatic heterocycles. The largest absolute Gasteiger partial charge is 0.472 e. The lowest BCUT2D eigenvalue weighted by Gasteiger charge is -2.21. The van der Waals surface area contributed by atoms with Crippen molar-refractivity contribution in [2.45, 2.75) is 37.8 Å². The highest BCUT2D eigenvalue weighted by Gasteiger charge is 2.22.